The molecule has 1 aromatic carbocycles. The van der Waals surface area contributed by atoms with Crippen LogP contribution in [-0.4, -0.2) is 64.2 Å². The summed E-state index contributed by atoms with van der Waals surface area (Å²) in [6.45, 7) is 4.38. The predicted molar refractivity (Wildman–Crippen MR) is 88.9 cm³/mol. The molecule has 3 aliphatic rings. The maximum Gasteiger partial charge on any atom is 0.300 e. The molecule has 1 aromatic rings. The molecule has 3 heterocycles. The second-order valence-electron chi connectivity index (χ2n) is 6.66. The smallest absolute Gasteiger partial charge is 0.300 e. The van der Waals surface area contributed by atoms with E-state index in [1.807, 2.05) is 0 Å². The van der Waals surface area contributed by atoms with Crippen molar-refractivity contribution in [3.63, 3.8) is 0 Å². The predicted octanol–water partition coefficient (Wildman–Crippen LogP) is 1.40. The molecule has 1 spiro atoms. The monoisotopic (exact) mass is 364 g/mol. The number of hydrogen-bond donors (Lipinski definition) is 1. The van der Waals surface area contributed by atoms with Crippen molar-refractivity contribution >= 4 is 17.8 Å². The number of carbonyl (C=O) groups excluding carboxylic acids is 2. The number of carbonyl (C=O) groups is 3. The number of rotatable bonds is 1. The molecule has 8 heteroatoms. The van der Waals surface area contributed by atoms with Crippen LogP contribution in [0.5, 0.6) is 0 Å². The Hall–Kier alpha value is -2.48. The lowest BCUT2D eigenvalue weighted by Gasteiger charge is -2.31. The van der Waals surface area contributed by atoms with E-state index in [9.17, 15) is 14.0 Å². The molecule has 7 nitrogen and oxygen atoms in total. The van der Waals surface area contributed by atoms with Gasteiger partial charge in [-0.2, -0.15) is 0 Å². The highest BCUT2D eigenvalue weighted by Crippen LogP contribution is 2.46. The van der Waals surface area contributed by atoms with Crippen LogP contribution in [0.3, 0.4) is 0 Å². The van der Waals surface area contributed by atoms with Crippen molar-refractivity contribution in [1.29, 1.82) is 0 Å². The molecule has 140 valence electrons. The largest absolute Gasteiger partial charge is 0.481 e. The molecule has 0 bridgehead atoms. The van der Waals surface area contributed by atoms with Crippen molar-refractivity contribution in [1.82, 2.24) is 9.80 Å². The third-order valence-corrected chi connectivity index (χ3v) is 5.10. The van der Waals surface area contributed by atoms with Crippen LogP contribution in [0.15, 0.2) is 18.2 Å². The zero-order valence-corrected chi connectivity index (χ0v) is 14.7. The van der Waals surface area contributed by atoms with Crippen LogP contribution in [0.1, 0.15) is 35.7 Å². The Labute approximate surface area is 150 Å². The van der Waals surface area contributed by atoms with E-state index < -0.39 is 17.5 Å². The molecular weight excluding hydrogens is 343 g/mol. The van der Waals surface area contributed by atoms with Gasteiger partial charge in [0.2, 0.25) is 5.91 Å². The van der Waals surface area contributed by atoms with Crippen LogP contribution in [-0.2, 0) is 14.3 Å². The summed E-state index contributed by atoms with van der Waals surface area (Å²) in [6, 6.07) is 4.30. The first-order chi connectivity index (χ1) is 12.3. The molecule has 26 heavy (non-hydrogen) atoms. The Kier molecular flexibility index (Phi) is 4.70. The Morgan fingerprint density at radius 3 is 2.69 bits per heavy atom. The van der Waals surface area contributed by atoms with E-state index >= 15 is 0 Å². The number of ether oxygens (including phenoxy) is 1. The molecule has 3 saturated heterocycles. The van der Waals surface area contributed by atoms with Crippen molar-refractivity contribution in [3.05, 3.63) is 35.1 Å². The van der Waals surface area contributed by atoms with E-state index in [2.05, 4.69) is 0 Å². The molecule has 0 aliphatic carbocycles. The number of halogens is 1. The molecule has 0 aromatic heterocycles. The summed E-state index contributed by atoms with van der Waals surface area (Å²) < 4.78 is 19.9. The Balaban J connectivity index is 0.000000447. The Morgan fingerprint density at radius 1 is 1.35 bits per heavy atom. The highest BCUT2D eigenvalue weighted by molar-refractivity contribution is 5.97. The van der Waals surface area contributed by atoms with Crippen molar-refractivity contribution < 1.29 is 28.6 Å². The van der Waals surface area contributed by atoms with E-state index in [-0.39, 0.29) is 29.8 Å². The minimum Gasteiger partial charge on any atom is -0.481 e. The lowest BCUT2D eigenvalue weighted by molar-refractivity contribution is -0.136. The summed E-state index contributed by atoms with van der Waals surface area (Å²) in [6.07, 6.45) is 0.863. The van der Waals surface area contributed by atoms with Crippen LogP contribution < -0.4 is 0 Å². The molecule has 0 unspecified atom stereocenters. The summed E-state index contributed by atoms with van der Waals surface area (Å²) in [5, 5.41) is 7.42. The second kappa shape index (κ2) is 6.68. The molecule has 2 atom stereocenters. The van der Waals surface area contributed by atoms with Gasteiger partial charge in [0, 0.05) is 26.4 Å². The fourth-order valence-corrected chi connectivity index (χ4v) is 4.08. The maximum absolute atomic E-state index is 14.1. The van der Waals surface area contributed by atoms with Crippen molar-refractivity contribution in [3.8, 4) is 0 Å². The molecule has 2 amide bonds. The molecule has 3 aliphatic heterocycles. The highest BCUT2D eigenvalue weighted by Gasteiger charge is 2.63. The number of aryl methyl sites for hydroxylation is 1. The lowest BCUT2D eigenvalue weighted by atomic mass is 10.0. The van der Waals surface area contributed by atoms with E-state index in [1.54, 1.807) is 28.9 Å². The van der Waals surface area contributed by atoms with Gasteiger partial charge in [-0.05, 0) is 18.6 Å². The van der Waals surface area contributed by atoms with Gasteiger partial charge in [-0.1, -0.05) is 12.1 Å². The number of carboxylic acid groups (broad SMARTS) is 1. The lowest BCUT2D eigenvalue weighted by Crippen LogP contribution is -2.49. The van der Waals surface area contributed by atoms with Gasteiger partial charge < -0.3 is 19.6 Å². The number of benzene rings is 1. The summed E-state index contributed by atoms with van der Waals surface area (Å²) >= 11 is 0. The molecular formula is C18H21FN2O5. The summed E-state index contributed by atoms with van der Waals surface area (Å²) in [4.78, 5) is 37.3. The van der Waals surface area contributed by atoms with Gasteiger partial charge in [0.1, 0.15) is 5.82 Å². The van der Waals surface area contributed by atoms with E-state index in [4.69, 9.17) is 14.6 Å². The molecule has 1 N–H and O–H groups in total. The summed E-state index contributed by atoms with van der Waals surface area (Å²) in [5.74, 6) is -1.67. The average molecular weight is 364 g/mol. The highest BCUT2D eigenvalue weighted by atomic mass is 19.1. The van der Waals surface area contributed by atoms with Crippen LogP contribution >= 0.6 is 0 Å². The standard InChI is InChI=1S/C16H17FN2O3.C2H4O2/c1-10-3-2-4-11(17)14(10)15(21)18-6-5-16-12(18)9-13(20)19(16)7-8-22-16;1-2(3)4/h2-4,12H,5-9H2,1H3;1H3,(H,3,4)/t12-,16+;/m1./s1. The van der Waals surface area contributed by atoms with Gasteiger partial charge in [-0.15, -0.1) is 0 Å². The number of aliphatic carboxylic acids is 1. The van der Waals surface area contributed by atoms with Crippen LogP contribution in [0.2, 0.25) is 0 Å². The number of likely N-dealkylation sites (tertiary alicyclic amines) is 1. The van der Waals surface area contributed by atoms with Gasteiger partial charge in [-0.25, -0.2) is 4.39 Å². The van der Waals surface area contributed by atoms with Crippen molar-refractivity contribution in [2.45, 2.75) is 38.5 Å². The summed E-state index contributed by atoms with van der Waals surface area (Å²) in [5.41, 5.74) is 0.0363. The first-order valence-electron chi connectivity index (χ1n) is 8.48. The third-order valence-electron chi connectivity index (χ3n) is 5.10. The van der Waals surface area contributed by atoms with E-state index in [0.717, 1.165) is 6.92 Å². The molecule has 0 radical (unpaired) electrons. The minimum atomic E-state index is -0.833. The number of hydrogen-bond acceptors (Lipinski definition) is 4. The Morgan fingerprint density at radius 2 is 2.04 bits per heavy atom. The van der Waals surface area contributed by atoms with Gasteiger partial charge in [-0.3, -0.25) is 14.4 Å². The SMILES string of the molecule is CC(=O)O.Cc1cccc(F)c1C(=O)N1CC[C@@]23OCCN2C(=O)C[C@@H]13. The number of nitrogens with zero attached hydrogens (tertiary/aromatic N) is 2. The zero-order valence-electron chi connectivity index (χ0n) is 14.7. The normalized spacial score (nSPS) is 26.3. The fourth-order valence-electron chi connectivity index (χ4n) is 4.08. The average Bonchev–Trinajstić information content (AvgIpc) is 3.18. The molecule has 0 saturated carbocycles. The van der Waals surface area contributed by atoms with Gasteiger partial charge in [0.25, 0.3) is 11.9 Å². The quantitative estimate of drug-likeness (QED) is 0.814. The van der Waals surface area contributed by atoms with Crippen LogP contribution in [0, 0.1) is 12.7 Å². The molecule has 3 fully saturated rings. The third kappa shape index (κ3) is 2.84. The van der Waals surface area contributed by atoms with Crippen molar-refractivity contribution in [2.24, 2.45) is 0 Å². The minimum absolute atomic E-state index is 0.0188. The first kappa shape index (κ1) is 18.3. The van der Waals surface area contributed by atoms with Crippen molar-refractivity contribution in [2.75, 3.05) is 19.7 Å². The van der Waals surface area contributed by atoms with Crippen LogP contribution in [0.25, 0.3) is 0 Å². The van der Waals surface area contributed by atoms with Gasteiger partial charge in [0.05, 0.1) is 24.6 Å². The van der Waals surface area contributed by atoms with Gasteiger partial charge >= 0.3 is 0 Å². The zero-order chi connectivity index (χ0) is 19.1. The number of carboxylic acids is 1. The summed E-state index contributed by atoms with van der Waals surface area (Å²) in [7, 11) is 0. The van der Waals surface area contributed by atoms with Gasteiger partial charge in [0.15, 0.2) is 5.72 Å². The van der Waals surface area contributed by atoms with E-state index in [1.165, 1.54) is 6.07 Å². The van der Waals surface area contributed by atoms with Crippen LogP contribution in [0.4, 0.5) is 4.39 Å². The maximum atomic E-state index is 14.1. The number of amides is 2. The fraction of sp³-hybridized carbons (Fsp3) is 0.500. The second-order valence-corrected chi connectivity index (χ2v) is 6.66. The Bertz CT molecular complexity index is 744. The molecule has 4 rings (SSSR count). The van der Waals surface area contributed by atoms with E-state index in [0.29, 0.717) is 31.7 Å². The first-order valence-corrected chi connectivity index (χ1v) is 8.48. The topological polar surface area (TPSA) is 87.2 Å².